The van der Waals surface area contributed by atoms with Gasteiger partial charge in [-0.2, -0.15) is 10.7 Å². The number of nitrogens with zero attached hydrogens (tertiary/aromatic N) is 1. The fraction of sp³-hybridized carbons (Fsp3) is 0.364. The highest BCUT2D eigenvalue weighted by molar-refractivity contribution is 5.34. The van der Waals surface area contributed by atoms with Crippen molar-refractivity contribution in [1.82, 2.24) is 5.48 Å². The fourth-order valence-corrected chi connectivity index (χ4v) is 1.13. The van der Waals surface area contributed by atoms with Gasteiger partial charge in [-0.3, -0.25) is 4.84 Å². The number of ether oxygens (including phenoxy) is 1. The second-order valence-electron chi connectivity index (χ2n) is 3.05. The van der Waals surface area contributed by atoms with Crippen LogP contribution in [0.4, 0.5) is 4.39 Å². The number of hydrogen-bond donors (Lipinski definition) is 1. The minimum Gasteiger partial charge on any atom is -0.382 e. The van der Waals surface area contributed by atoms with Crippen LogP contribution in [0.3, 0.4) is 0 Å². The lowest BCUT2D eigenvalue weighted by Crippen LogP contribution is -2.18. The Morgan fingerprint density at radius 1 is 1.44 bits per heavy atom. The molecule has 1 aromatic rings. The summed E-state index contributed by atoms with van der Waals surface area (Å²) in [6, 6.07) is 6.45. The molecule has 0 spiro atoms. The van der Waals surface area contributed by atoms with Crippen LogP contribution in [0.5, 0.6) is 0 Å². The molecule has 0 aromatic heterocycles. The molecule has 1 rings (SSSR count). The summed E-state index contributed by atoms with van der Waals surface area (Å²) in [6.45, 7) is 1.06. The van der Waals surface area contributed by atoms with Gasteiger partial charge in [0.25, 0.3) is 0 Å². The van der Waals surface area contributed by atoms with E-state index in [2.05, 4.69) is 5.48 Å². The molecular weight excluding hydrogens is 211 g/mol. The second-order valence-corrected chi connectivity index (χ2v) is 3.05. The van der Waals surface area contributed by atoms with E-state index in [9.17, 15) is 4.39 Å². The van der Waals surface area contributed by atoms with E-state index in [-0.39, 0.29) is 12.1 Å². The number of benzene rings is 1. The lowest BCUT2D eigenvalue weighted by Gasteiger charge is -2.06. The monoisotopic (exact) mass is 224 g/mol. The average Bonchev–Trinajstić information content (AvgIpc) is 2.31. The first-order valence-electron chi connectivity index (χ1n) is 4.80. The summed E-state index contributed by atoms with van der Waals surface area (Å²) in [6.07, 6.45) is 0. The van der Waals surface area contributed by atoms with Crippen LogP contribution < -0.4 is 5.48 Å². The molecule has 0 aliphatic carbocycles. The predicted molar refractivity (Wildman–Crippen MR) is 55.8 cm³/mol. The Morgan fingerprint density at radius 2 is 2.25 bits per heavy atom. The summed E-state index contributed by atoms with van der Waals surface area (Å²) >= 11 is 0. The molecule has 0 unspecified atom stereocenters. The molecule has 0 atom stereocenters. The number of nitrogens with one attached hydrogen (secondary N) is 1. The van der Waals surface area contributed by atoms with Gasteiger partial charge in [0.1, 0.15) is 11.9 Å². The molecule has 0 aliphatic heterocycles. The van der Waals surface area contributed by atoms with E-state index in [4.69, 9.17) is 14.8 Å². The van der Waals surface area contributed by atoms with E-state index in [0.29, 0.717) is 18.8 Å². The maximum absolute atomic E-state index is 13.5. The van der Waals surface area contributed by atoms with Crippen molar-refractivity contribution in [1.29, 1.82) is 5.26 Å². The number of hydrogen-bond acceptors (Lipinski definition) is 4. The van der Waals surface area contributed by atoms with Gasteiger partial charge in [0, 0.05) is 19.2 Å². The number of nitriles is 1. The molecule has 5 heteroatoms. The normalized spacial score (nSPS) is 10.1. The van der Waals surface area contributed by atoms with Crippen LogP contribution in [-0.2, 0) is 16.1 Å². The molecule has 0 saturated carbocycles. The van der Waals surface area contributed by atoms with Crippen molar-refractivity contribution in [2.24, 2.45) is 0 Å². The highest BCUT2D eigenvalue weighted by Crippen LogP contribution is 2.11. The van der Waals surface area contributed by atoms with Gasteiger partial charge in [0.05, 0.1) is 18.8 Å². The molecule has 16 heavy (non-hydrogen) atoms. The van der Waals surface area contributed by atoms with Crippen LogP contribution in [0.15, 0.2) is 18.2 Å². The Kier molecular flexibility index (Phi) is 5.43. The van der Waals surface area contributed by atoms with Crippen molar-refractivity contribution in [2.75, 3.05) is 20.3 Å². The number of methoxy groups -OCH3 is 1. The summed E-state index contributed by atoms with van der Waals surface area (Å²) in [4.78, 5) is 4.98. The minimum absolute atomic E-state index is 0.0381. The molecule has 0 saturated heterocycles. The molecule has 86 valence electrons. The van der Waals surface area contributed by atoms with Crippen molar-refractivity contribution < 1.29 is 14.0 Å². The molecule has 0 aliphatic rings. The van der Waals surface area contributed by atoms with Crippen LogP contribution in [0.25, 0.3) is 0 Å². The molecule has 0 amide bonds. The fourth-order valence-electron chi connectivity index (χ4n) is 1.13. The number of hydroxylamine groups is 1. The van der Waals surface area contributed by atoms with Gasteiger partial charge in [-0.05, 0) is 6.07 Å². The quantitative estimate of drug-likeness (QED) is 0.585. The van der Waals surface area contributed by atoms with Crippen molar-refractivity contribution >= 4 is 0 Å². The second kappa shape index (κ2) is 6.90. The minimum atomic E-state index is -0.507. The van der Waals surface area contributed by atoms with Crippen molar-refractivity contribution in [3.8, 4) is 6.07 Å². The van der Waals surface area contributed by atoms with Crippen LogP contribution in [0.1, 0.15) is 11.1 Å². The van der Waals surface area contributed by atoms with E-state index < -0.39 is 5.82 Å². The molecule has 0 bridgehead atoms. The molecule has 1 aromatic carbocycles. The lowest BCUT2D eigenvalue weighted by atomic mass is 10.1. The zero-order chi connectivity index (χ0) is 11.8. The largest absolute Gasteiger partial charge is 0.382 e. The first-order chi connectivity index (χ1) is 7.79. The average molecular weight is 224 g/mol. The van der Waals surface area contributed by atoms with Gasteiger partial charge >= 0.3 is 0 Å². The third-order valence-corrected chi connectivity index (χ3v) is 1.95. The maximum atomic E-state index is 13.5. The summed E-state index contributed by atoms with van der Waals surface area (Å²) in [5, 5.41) is 8.63. The maximum Gasteiger partial charge on any atom is 0.145 e. The smallest absolute Gasteiger partial charge is 0.145 e. The van der Waals surface area contributed by atoms with Gasteiger partial charge in [-0.15, -0.1) is 0 Å². The summed E-state index contributed by atoms with van der Waals surface area (Å²) < 4.78 is 18.3. The number of rotatable bonds is 6. The summed E-state index contributed by atoms with van der Waals surface area (Å²) in [5.74, 6) is -0.507. The first-order valence-corrected chi connectivity index (χ1v) is 4.80. The molecule has 1 N–H and O–H groups in total. The van der Waals surface area contributed by atoms with E-state index in [1.807, 2.05) is 0 Å². The molecule has 0 radical (unpaired) electrons. The lowest BCUT2D eigenvalue weighted by molar-refractivity contribution is 0.00307. The molecule has 4 nitrogen and oxygen atoms in total. The highest BCUT2D eigenvalue weighted by Gasteiger charge is 2.06. The zero-order valence-electron chi connectivity index (χ0n) is 9.00. The Hall–Kier alpha value is -1.48. The molecular formula is C11H13FN2O2. The van der Waals surface area contributed by atoms with Gasteiger partial charge in [0.15, 0.2) is 0 Å². The third kappa shape index (κ3) is 3.59. The van der Waals surface area contributed by atoms with Crippen LogP contribution in [0.2, 0.25) is 0 Å². The zero-order valence-corrected chi connectivity index (χ0v) is 9.00. The standard InChI is InChI=1S/C11H13FN2O2/c1-15-5-6-16-14-8-10-4-2-3-9(7-13)11(10)12/h2-4,14H,5-6,8H2,1H3. The molecule has 0 fully saturated rings. The SMILES string of the molecule is COCCONCc1cccc(C#N)c1F. The van der Waals surface area contributed by atoms with E-state index >= 15 is 0 Å². The van der Waals surface area contributed by atoms with E-state index in [0.717, 1.165) is 0 Å². The summed E-state index contributed by atoms with van der Waals surface area (Å²) in [7, 11) is 1.57. The Bertz CT molecular complexity index is 377. The van der Waals surface area contributed by atoms with E-state index in [1.54, 1.807) is 25.3 Å². The molecule has 0 heterocycles. The van der Waals surface area contributed by atoms with Gasteiger partial charge in [0.2, 0.25) is 0 Å². The van der Waals surface area contributed by atoms with Crippen LogP contribution in [-0.4, -0.2) is 20.3 Å². The highest BCUT2D eigenvalue weighted by atomic mass is 19.1. The van der Waals surface area contributed by atoms with Crippen molar-refractivity contribution in [2.45, 2.75) is 6.54 Å². The van der Waals surface area contributed by atoms with Gasteiger partial charge < -0.3 is 4.74 Å². The Labute approximate surface area is 93.5 Å². The Balaban J connectivity index is 2.45. The summed E-state index contributed by atoms with van der Waals surface area (Å²) in [5.41, 5.74) is 3.04. The van der Waals surface area contributed by atoms with Crippen LogP contribution in [0, 0.1) is 17.1 Å². The van der Waals surface area contributed by atoms with Crippen molar-refractivity contribution in [3.05, 3.63) is 35.1 Å². The van der Waals surface area contributed by atoms with Crippen molar-refractivity contribution in [3.63, 3.8) is 0 Å². The predicted octanol–water partition coefficient (Wildman–Crippen LogP) is 1.36. The Morgan fingerprint density at radius 3 is 2.94 bits per heavy atom. The topological polar surface area (TPSA) is 54.3 Å². The van der Waals surface area contributed by atoms with Gasteiger partial charge in [-0.1, -0.05) is 12.1 Å². The van der Waals surface area contributed by atoms with Gasteiger partial charge in [-0.25, -0.2) is 4.39 Å². The van der Waals surface area contributed by atoms with E-state index in [1.165, 1.54) is 6.07 Å². The first kappa shape index (κ1) is 12.6. The number of halogens is 1. The van der Waals surface area contributed by atoms with Crippen LogP contribution >= 0.6 is 0 Å². The third-order valence-electron chi connectivity index (χ3n) is 1.95.